The zero-order chi connectivity index (χ0) is 29.5. The number of hydrogen-bond acceptors (Lipinski definition) is 7. The van der Waals surface area contributed by atoms with Crippen LogP contribution in [0.25, 0.3) is 0 Å². The summed E-state index contributed by atoms with van der Waals surface area (Å²) in [7, 11) is -4.08. The molecule has 1 amide bonds. The Bertz CT molecular complexity index is 1320. The number of carboxylic acids is 1. The lowest BCUT2D eigenvalue weighted by atomic mass is 10.1. The van der Waals surface area contributed by atoms with Crippen molar-refractivity contribution in [2.24, 2.45) is 0 Å². The fourth-order valence-electron chi connectivity index (χ4n) is 3.90. The van der Waals surface area contributed by atoms with Gasteiger partial charge in [-0.05, 0) is 49.2 Å². The third kappa shape index (κ3) is 8.68. The predicted octanol–water partition coefficient (Wildman–Crippen LogP) is 3.23. The van der Waals surface area contributed by atoms with Crippen molar-refractivity contribution in [2.75, 3.05) is 49.0 Å². The summed E-state index contributed by atoms with van der Waals surface area (Å²) in [6.45, 7) is 3.96. The molecule has 4 rings (SSSR count). The van der Waals surface area contributed by atoms with Gasteiger partial charge in [-0.2, -0.15) is 13.2 Å². The zero-order valence-corrected chi connectivity index (χ0v) is 22.5. The van der Waals surface area contributed by atoms with Gasteiger partial charge in [-0.3, -0.25) is 9.52 Å². The molecule has 10 nitrogen and oxygen atoms in total. The van der Waals surface area contributed by atoms with Crippen LogP contribution in [0.15, 0.2) is 41.3 Å². The van der Waals surface area contributed by atoms with Gasteiger partial charge in [-0.15, -0.1) is 0 Å². The van der Waals surface area contributed by atoms with Gasteiger partial charge in [-0.1, -0.05) is 11.6 Å². The molecule has 2 aliphatic heterocycles. The first-order chi connectivity index (χ1) is 18.8. The summed E-state index contributed by atoms with van der Waals surface area (Å²) in [5.41, 5.74) is 1.24. The summed E-state index contributed by atoms with van der Waals surface area (Å²) in [6.07, 6.45) is -3.22. The molecule has 0 aliphatic carbocycles. The minimum atomic E-state index is -5.08. The largest absolute Gasteiger partial charge is 0.490 e. The lowest BCUT2D eigenvalue weighted by Crippen LogP contribution is -2.43. The maximum absolute atomic E-state index is 13.5. The minimum absolute atomic E-state index is 0.00438. The van der Waals surface area contributed by atoms with Gasteiger partial charge in [0.1, 0.15) is 5.82 Å². The van der Waals surface area contributed by atoms with Gasteiger partial charge in [0, 0.05) is 44.9 Å². The van der Waals surface area contributed by atoms with E-state index in [1.165, 1.54) is 6.07 Å². The molecule has 1 unspecified atom stereocenters. The molecule has 2 heterocycles. The highest BCUT2D eigenvalue weighted by molar-refractivity contribution is 7.92. The lowest BCUT2D eigenvalue weighted by molar-refractivity contribution is -0.192. The predicted molar refractivity (Wildman–Crippen MR) is 139 cm³/mol. The Morgan fingerprint density at radius 2 is 1.82 bits per heavy atom. The summed E-state index contributed by atoms with van der Waals surface area (Å²) in [6, 6.07) is 8.14. The fraction of sp³-hybridized carbons (Fsp3) is 0.417. The minimum Gasteiger partial charge on any atom is -0.475 e. The quantitative estimate of drug-likeness (QED) is 0.351. The van der Waals surface area contributed by atoms with Crippen LogP contribution in [-0.2, 0) is 19.6 Å². The Labute approximate surface area is 232 Å². The molecule has 2 fully saturated rings. The van der Waals surface area contributed by atoms with E-state index in [0.29, 0.717) is 37.5 Å². The Morgan fingerprint density at radius 3 is 2.40 bits per heavy atom. The van der Waals surface area contributed by atoms with Crippen molar-refractivity contribution >= 4 is 44.9 Å². The number of carboxylic acid groups (broad SMARTS) is 1. The first kappa shape index (κ1) is 31.4. The second-order valence-corrected chi connectivity index (χ2v) is 10.9. The van der Waals surface area contributed by atoms with E-state index in [4.69, 9.17) is 26.2 Å². The SMILES string of the molecule is O=C(NCC1CCCO1)c1ccc(N2CCNCC2)c(NS(=O)(=O)c2ccc(F)c(Cl)c2)c1.O=C(O)C(F)(F)F. The number of amides is 1. The van der Waals surface area contributed by atoms with Crippen LogP contribution < -0.4 is 20.3 Å². The molecule has 0 saturated carbocycles. The van der Waals surface area contributed by atoms with E-state index in [9.17, 15) is 30.8 Å². The monoisotopic (exact) mass is 610 g/mol. The highest BCUT2D eigenvalue weighted by atomic mass is 35.5. The number of ether oxygens (including phenoxy) is 1. The fourth-order valence-corrected chi connectivity index (χ4v) is 5.24. The Balaban J connectivity index is 0.000000559. The first-order valence-corrected chi connectivity index (χ1v) is 13.9. The van der Waals surface area contributed by atoms with Crippen LogP contribution in [-0.4, -0.2) is 77.0 Å². The van der Waals surface area contributed by atoms with E-state index in [1.807, 2.05) is 4.90 Å². The topological polar surface area (TPSA) is 137 Å². The molecule has 220 valence electrons. The first-order valence-electron chi connectivity index (χ1n) is 12.1. The number of hydrogen-bond donors (Lipinski definition) is 4. The number of sulfonamides is 1. The van der Waals surface area contributed by atoms with Crippen LogP contribution in [0.4, 0.5) is 28.9 Å². The van der Waals surface area contributed by atoms with E-state index >= 15 is 0 Å². The standard InChI is InChI=1S/C22H26ClFN4O4S.C2HF3O2/c23-18-13-17(4-5-19(18)24)33(30,31)27-20-12-15(22(29)26-14-16-2-1-11-32-16)3-6-21(20)28-9-7-25-8-10-28;3-2(4,5)1(6)7/h3-6,12-13,16,25,27H,1-2,7-11,14H2,(H,26,29);(H,6,7). The summed E-state index contributed by atoms with van der Waals surface area (Å²) in [4.78, 5) is 23.5. The van der Waals surface area contributed by atoms with Crippen LogP contribution in [0.1, 0.15) is 23.2 Å². The number of nitrogens with one attached hydrogen (secondary N) is 3. The molecular weight excluding hydrogens is 584 g/mol. The Morgan fingerprint density at radius 1 is 1.15 bits per heavy atom. The van der Waals surface area contributed by atoms with Crippen molar-refractivity contribution < 1.29 is 45.4 Å². The summed E-state index contributed by atoms with van der Waals surface area (Å²) < 4.78 is 79.5. The highest BCUT2D eigenvalue weighted by Crippen LogP contribution is 2.31. The van der Waals surface area contributed by atoms with E-state index in [1.54, 1.807) is 12.1 Å². The number of aliphatic carboxylic acids is 1. The second kappa shape index (κ2) is 13.5. The van der Waals surface area contributed by atoms with E-state index in [2.05, 4.69) is 15.4 Å². The average Bonchev–Trinajstić information content (AvgIpc) is 3.42. The molecule has 2 aromatic carbocycles. The zero-order valence-electron chi connectivity index (χ0n) is 20.9. The van der Waals surface area contributed by atoms with Crippen molar-refractivity contribution in [1.82, 2.24) is 10.6 Å². The molecule has 2 aromatic rings. The molecule has 0 radical (unpaired) electrons. The van der Waals surface area contributed by atoms with Crippen LogP contribution in [0.2, 0.25) is 5.02 Å². The molecule has 2 saturated heterocycles. The molecule has 0 bridgehead atoms. The summed E-state index contributed by atoms with van der Waals surface area (Å²) in [5, 5.41) is 12.9. The van der Waals surface area contributed by atoms with Crippen LogP contribution >= 0.6 is 11.6 Å². The normalized spacial score (nSPS) is 17.5. The van der Waals surface area contributed by atoms with Gasteiger partial charge in [0.15, 0.2) is 0 Å². The van der Waals surface area contributed by atoms with Crippen molar-refractivity contribution in [3.8, 4) is 0 Å². The number of carbonyl (C=O) groups excluding carboxylic acids is 1. The molecule has 4 N–H and O–H groups in total. The van der Waals surface area contributed by atoms with Crippen molar-refractivity contribution in [2.45, 2.75) is 30.0 Å². The molecule has 0 aromatic heterocycles. The lowest BCUT2D eigenvalue weighted by Gasteiger charge is -2.31. The molecule has 16 heteroatoms. The molecule has 2 aliphatic rings. The Kier molecular flexibility index (Phi) is 10.6. The molecule has 40 heavy (non-hydrogen) atoms. The Hall–Kier alpha value is -3.14. The number of benzene rings is 2. The maximum atomic E-state index is 13.5. The molecule has 0 spiro atoms. The third-order valence-corrected chi connectivity index (χ3v) is 7.57. The number of rotatable bonds is 7. The van der Waals surface area contributed by atoms with E-state index in [-0.39, 0.29) is 27.6 Å². The van der Waals surface area contributed by atoms with Gasteiger partial charge < -0.3 is 25.4 Å². The van der Waals surface area contributed by atoms with E-state index < -0.39 is 28.0 Å². The summed E-state index contributed by atoms with van der Waals surface area (Å²) >= 11 is 5.79. The smallest absolute Gasteiger partial charge is 0.475 e. The molecular formula is C24H27ClF4N4O6S. The third-order valence-electron chi connectivity index (χ3n) is 5.92. The number of anilines is 2. The van der Waals surface area contributed by atoms with Crippen LogP contribution in [0.5, 0.6) is 0 Å². The maximum Gasteiger partial charge on any atom is 0.490 e. The van der Waals surface area contributed by atoms with E-state index in [0.717, 1.165) is 44.1 Å². The van der Waals surface area contributed by atoms with Crippen molar-refractivity contribution in [3.63, 3.8) is 0 Å². The van der Waals surface area contributed by atoms with Crippen molar-refractivity contribution in [1.29, 1.82) is 0 Å². The number of nitrogens with zero attached hydrogens (tertiary/aromatic N) is 1. The van der Waals surface area contributed by atoms with Gasteiger partial charge in [0.2, 0.25) is 0 Å². The van der Waals surface area contributed by atoms with Gasteiger partial charge in [-0.25, -0.2) is 17.6 Å². The number of carbonyl (C=O) groups is 2. The van der Waals surface area contributed by atoms with Crippen LogP contribution in [0.3, 0.4) is 0 Å². The van der Waals surface area contributed by atoms with Crippen molar-refractivity contribution in [3.05, 3.63) is 52.8 Å². The molecule has 1 atom stereocenters. The number of halogens is 5. The van der Waals surface area contributed by atoms with Crippen LogP contribution in [0, 0.1) is 5.82 Å². The average molecular weight is 611 g/mol. The highest BCUT2D eigenvalue weighted by Gasteiger charge is 2.38. The van der Waals surface area contributed by atoms with Gasteiger partial charge >= 0.3 is 12.1 Å². The summed E-state index contributed by atoms with van der Waals surface area (Å²) in [5.74, 6) is -3.78. The number of alkyl halides is 3. The second-order valence-electron chi connectivity index (χ2n) is 8.80. The van der Waals surface area contributed by atoms with Gasteiger partial charge in [0.05, 0.1) is 27.4 Å². The number of piperazine rings is 1. The van der Waals surface area contributed by atoms with Gasteiger partial charge in [0.25, 0.3) is 15.9 Å².